The molecule has 0 aromatic carbocycles. The van der Waals surface area contributed by atoms with Gasteiger partial charge in [-0.3, -0.25) is 9.59 Å². The number of ether oxygens (including phenoxy) is 1. The number of aromatic nitrogens is 1. The third-order valence-corrected chi connectivity index (χ3v) is 5.01. The number of hydrogen-bond donors (Lipinski definition) is 2. The molecule has 2 N–H and O–H groups in total. The first-order valence-corrected chi connectivity index (χ1v) is 9.15. The lowest BCUT2D eigenvalue weighted by Crippen LogP contribution is -2.22. The van der Waals surface area contributed by atoms with Gasteiger partial charge in [-0.1, -0.05) is 0 Å². The molecule has 1 aliphatic carbocycles. The van der Waals surface area contributed by atoms with Crippen LogP contribution >= 0.6 is 11.3 Å². The molecule has 6 nitrogen and oxygen atoms in total. The van der Waals surface area contributed by atoms with E-state index in [1.54, 1.807) is 6.20 Å². The van der Waals surface area contributed by atoms with Gasteiger partial charge in [0.2, 0.25) is 11.8 Å². The molecular weight excluding hydrogens is 338 g/mol. The second-order valence-corrected chi connectivity index (χ2v) is 7.06. The first kappa shape index (κ1) is 17.4. The molecule has 1 fully saturated rings. The van der Waals surface area contributed by atoms with Crippen molar-refractivity contribution in [1.29, 1.82) is 0 Å². The summed E-state index contributed by atoms with van der Waals surface area (Å²) in [6, 6.07) is 5.50. The van der Waals surface area contributed by atoms with E-state index in [0.717, 1.165) is 29.0 Å². The molecular formula is C18H21N3O3S. The first-order chi connectivity index (χ1) is 12.1. The molecule has 2 heterocycles. The van der Waals surface area contributed by atoms with Crippen LogP contribution in [0.4, 0.5) is 5.00 Å². The van der Waals surface area contributed by atoms with E-state index in [0.29, 0.717) is 23.9 Å². The number of carbonyl (C=O) groups excluding carboxylic acids is 2. The Morgan fingerprint density at radius 3 is 2.88 bits per heavy atom. The van der Waals surface area contributed by atoms with Crippen LogP contribution in [0.3, 0.4) is 0 Å². The first-order valence-electron chi connectivity index (χ1n) is 8.34. The molecule has 1 saturated carbocycles. The van der Waals surface area contributed by atoms with Crippen LogP contribution in [0.5, 0.6) is 5.88 Å². The summed E-state index contributed by atoms with van der Waals surface area (Å²) in [4.78, 5) is 29.0. The minimum absolute atomic E-state index is 0.0495. The van der Waals surface area contributed by atoms with E-state index in [-0.39, 0.29) is 17.7 Å². The van der Waals surface area contributed by atoms with Gasteiger partial charge >= 0.3 is 0 Å². The smallest absolute Gasteiger partial charge is 0.261 e. The average molecular weight is 359 g/mol. The van der Waals surface area contributed by atoms with Gasteiger partial charge in [0.15, 0.2) is 0 Å². The van der Waals surface area contributed by atoms with Crippen molar-refractivity contribution in [3.05, 3.63) is 40.4 Å². The number of nitrogens with zero attached hydrogens (tertiary/aromatic N) is 1. The minimum Gasteiger partial charge on any atom is -0.478 e. The van der Waals surface area contributed by atoms with Gasteiger partial charge in [-0.25, -0.2) is 4.98 Å². The third kappa shape index (κ3) is 4.57. The van der Waals surface area contributed by atoms with E-state index in [2.05, 4.69) is 15.6 Å². The van der Waals surface area contributed by atoms with E-state index in [1.165, 1.54) is 11.3 Å². The van der Waals surface area contributed by atoms with E-state index < -0.39 is 0 Å². The lowest BCUT2D eigenvalue weighted by molar-refractivity contribution is -0.117. The number of amides is 2. The Bertz CT molecular complexity index is 784. The van der Waals surface area contributed by atoms with Crippen LogP contribution in [0.2, 0.25) is 0 Å². The van der Waals surface area contributed by atoms with Crippen LogP contribution in [0.1, 0.15) is 40.6 Å². The molecule has 0 spiro atoms. The van der Waals surface area contributed by atoms with Crippen LogP contribution in [0, 0.1) is 12.8 Å². The van der Waals surface area contributed by atoms with Crippen molar-refractivity contribution < 1.29 is 14.3 Å². The van der Waals surface area contributed by atoms with Crippen LogP contribution < -0.4 is 15.4 Å². The fourth-order valence-electron chi connectivity index (χ4n) is 2.39. The summed E-state index contributed by atoms with van der Waals surface area (Å²) in [5.41, 5.74) is 1.78. The summed E-state index contributed by atoms with van der Waals surface area (Å²) in [5.74, 6) is 0.593. The predicted molar refractivity (Wildman–Crippen MR) is 97.0 cm³/mol. The summed E-state index contributed by atoms with van der Waals surface area (Å²) in [7, 11) is 0. The molecule has 2 aromatic heterocycles. The van der Waals surface area contributed by atoms with Crippen molar-refractivity contribution >= 4 is 28.2 Å². The summed E-state index contributed by atoms with van der Waals surface area (Å²) in [5, 5.41) is 6.52. The predicted octanol–water partition coefficient (Wildman–Crippen LogP) is 3.13. The van der Waals surface area contributed by atoms with E-state index in [4.69, 9.17) is 4.74 Å². The Labute approximate surface area is 150 Å². The molecule has 3 rings (SSSR count). The van der Waals surface area contributed by atoms with E-state index in [1.807, 2.05) is 32.0 Å². The molecule has 7 heteroatoms. The number of pyridine rings is 1. The number of anilines is 1. The maximum atomic E-state index is 12.4. The molecule has 25 heavy (non-hydrogen) atoms. The highest BCUT2D eigenvalue weighted by Crippen LogP contribution is 2.32. The number of hydrogen-bond acceptors (Lipinski definition) is 5. The van der Waals surface area contributed by atoms with E-state index >= 15 is 0 Å². The molecule has 0 bridgehead atoms. The number of carbonyl (C=O) groups is 2. The van der Waals surface area contributed by atoms with Gasteiger partial charge in [0.25, 0.3) is 5.91 Å². The molecule has 1 aliphatic rings. The molecule has 0 aliphatic heterocycles. The normalized spacial score (nSPS) is 13.4. The highest BCUT2D eigenvalue weighted by Gasteiger charge is 2.30. The molecule has 0 saturated heterocycles. The largest absolute Gasteiger partial charge is 0.478 e. The lowest BCUT2D eigenvalue weighted by Gasteiger charge is -2.07. The zero-order valence-corrected chi connectivity index (χ0v) is 15.1. The maximum absolute atomic E-state index is 12.4. The second kappa shape index (κ2) is 7.65. The van der Waals surface area contributed by atoms with E-state index in [9.17, 15) is 9.59 Å². The van der Waals surface area contributed by atoms with Gasteiger partial charge in [0.1, 0.15) is 0 Å². The number of thiophene rings is 1. The van der Waals surface area contributed by atoms with Crippen LogP contribution in [-0.4, -0.2) is 23.4 Å². The van der Waals surface area contributed by atoms with Crippen molar-refractivity contribution in [3.63, 3.8) is 0 Å². The number of nitrogens with one attached hydrogen (secondary N) is 2. The molecule has 2 amide bonds. The quantitative estimate of drug-likeness (QED) is 0.796. The Hall–Kier alpha value is -2.41. The molecule has 0 unspecified atom stereocenters. The zero-order chi connectivity index (χ0) is 17.8. The maximum Gasteiger partial charge on any atom is 0.261 e. The number of rotatable bonds is 7. The third-order valence-electron chi connectivity index (χ3n) is 3.86. The van der Waals surface area contributed by atoms with Crippen LogP contribution in [-0.2, 0) is 11.3 Å². The number of aryl methyl sites for hydroxylation is 1. The van der Waals surface area contributed by atoms with Crippen molar-refractivity contribution in [2.24, 2.45) is 5.92 Å². The fraction of sp³-hybridized carbons (Fsp3) is 0.389. The average Bonchev–Trinajstić information content (AvgIpc) is 3.37. The summed E-state index contributed by atoms with van der Waals surface area (Å²) >= 11 is 1.31. The lowest BCUT2D eigenvalue weighted by atomic mass is 10.2. The Morgan fingerprint density at radius 2 is 2.16 bits per heavy atom. The van der Waals surface area contributed by atoms with Gasteiger partial charge in [0.05, 0.1) is 16.5 Å². The highest BCUT2D eigenvalue weighted by molar-refractivity contribution is 7.18. The van der Waals surface area contributed by atoms with Crippen molar-refractivity contribution in [2.75, 3.05) is 11.9 Å². The highest BCUT2D eigenvalue weighted by atomic mass is 32.1. The second-order valence-electron chi connectivity index (χ2n) is 6.00. The fourth-order valence-corrected chi connectivity index (χ4v) is 3.38. The topological polar surface area (TPSA) is 80.3 Å². The van der Waals surface area contributed by atoms with Crippen LogP contribution in [0.15, 0.2) is 24.4 Å². The Morgan fingerprint density at radius 1 is 1.36 bits per heavy atom. The molecule has 0 atom stereocenters. The SMILES string of the molecule is CCOc1cc(CNC(=O)c2sc(NC(=O)C3CC3)cc2C)ccn1. The van der Waals surface area contributed by atoms with Gasteiger partial charge in [0, 0.05) is 24.7 Å². The monoisotopic (exact) mass is 359 g/mol. The summed E-state index contributed by atoms with van der Waals surface area (Å²) in [6.07, 6.45) is 3.58. The standard InChI is InChI=1S/C18H21N3O3S/c1-3-24-14-9-12(6-7-19-14)10-20-18(23)16-11(2)8-15(25-16)21-17(22)13-4-5-13/h6-9,13H,3-5,10H2,1-2H3,(H,20,23)(H,21,22). The molecule has 132 valence electrons. The summed E-state index contributed by atoms with van der Waals surface area (Å²) < 4.78 is 5.36. The van der Waals surface area contributed by atoms with Gasteiger partial charge in [-0.15, -0.1) is 11.3 Å². The van der Waals surface area contributed by atoms with Gasteiger partial charge in [-0.2, -0.15) is 0 Å². The van der Waals surface area contributed by atoms with Crippen molar-refractivity contribution in [2.45, 2.75) is 33.2 Å². The zero-order valence-electron chi connectivity index (χ0n) is 14.3. The Kier molecular flexibility index (Phi) is 5.33. The van der Waals surface area contributed by atoms with Crippen molar-refractivity contribution in [3.8, 4) is 5.88 Å². The van der Waals surface area contributed by atoms with Crippen molar-refractivity contribution in [1.82, 2.24) is 10.3 Å². The van der Waals surface area contributed by atoms with Gasteiger partial charge < -0.3 is 15.4 Å². The summed E-state index contributed by atoms with van der Waals surface area (Å²) in [6.45, 7) is 4.71. The van der Waals surface area contributed by atoms with Crippen LogP contribution in [0.25, 0.3) is 0 Å². The van der Waals surface area contributed by atoms with Gasteiger partial charge in [-0.05, 0) is 49.9 Å². The minimum atomic E-state index is -0.149. The molecule has 2 aromatic rings. The molecule has 0 radical (unpaired) electrons. The Balaban J connectivity index is 1.60.